The zero-order valence-corrected chi connectivity index (χ0v) is 39.4. The molecule has 0 fully saturated rings. The predicted molar refractivity (Wildman–Crippen MR) is 271 cm³/mol. The summed E-state index contributed by atoms with van der Waals surface area (Å²) in [5, 5.41) is 36.8. The first-order valence-electron chi connectivity index (χ1n) is 23.0. The molecule has 0 saturated heterocycles. The van der Waals surface area contributed by atoms with Gasteiger partial charge in [-0.2, -0.15) is 0 Å². The van der Waals surface area contributed by atoms with Crippen LogP contribution in [0.1, 0.15) is 51.9 Å². The van der Waals surface area contributed by atoms with Crippen LogP contribution in [0.2, 0.25) is 0 Å². The van der Waals surface area contributed by atoms with Gasteiger partial charge in [-0.15, -0.1) is 0 Å². The van der Waals surface area contributed by atoms with Crippen molar-refractivity contribution in [3.63, 3.8) is 0 Å². The summed E-state index contributed by atoms with van der Waals surface area (Å²) in [6, 6.07) is 54.9. The van der Waals surface area contributed by atoms with Crippen molar-refractivity contribution in [3.05, 3.63) is 215 Å². The summed E-state index contributed by atoms with van der Waals surface area (Å²) in [6.45, 7) is 0. The quantitative estimate of drug-likeness (QED) is 0.0556. The highest BCUT2D eigenvalue weighted by Crippen LogP contribution is 2.42. The Hall–Kier alpha value is -7.66. The second-order valence-corrected chi connectivity index (χ2v) is 17.5. The normalized spacial score (nSPS) is 12.5. The van der Waals surface area contributed by atoms with E-state index in [9.17, 15) is 19.8 Å². The van der Waals surface area contributed by atoms with E-state index in [1.807, 2.05) is 182 Å². The van der Waals surface area contributed by atoms with Crippen LogP contribution in [0.3, 0.4) is 0 Å². The van der Waals surface area contributed by atoms with Crippen molar-refractivity contribution < 1.29 is 38.7 Å². The van der Waals surface area contributed by atoms with Crippen molar-refractivity contribution in [3.8, 4) is 23.0 Å². The third-order valence-corrected chi connectivity index (χ3v) is 13.0. The highest BCUT2D eigenvalue weighted by molar-refractivity contribution is 5.98. The third-order valence-electron chi connectivity index (χ3n) is 13.0. The lowest BCUT2D eigenvalue weighted by atomic mass is 9.77. The maximum atomic E-state index is 14.9. The average molecular weight is 923 g/mol. The molecule has 0 aliphatic carbocycles. The molecule has 0 radical (unpaired) electrons. The Labute approximate surface area is 403 Å². The Morgan fingerprint density at radius 1 is 0.406 bits per heavy atom. The molecule has 10 heteroatoms. The number of nitrogens with one attached hydrogen (secondary N) is 2. The molecule has 0 aliphatic heterocycles. The second-order valence-electron chi connectivity index (χ2n) is 17.5. The van der Waals surface area contributed by atoms with E-state index in [0.717, 1.165) is 43.8 Å². The molecule has 69 heavy (non-hydrogen) atoms. The Morgan fingerprint density at radius 3 is 1.00 bits per heavy atom. The van der Waals surface area contributed by atoms with Crippen molar-refractivity contribution in [1.82, 2.24) is 10.6 Å². The summed E-state index contributed by atoms with van der Waals surface area (Å²) in [5.41, 5.74) is 0.739. The lowest BCUT2D eigenvalue weighted by molar-refractivity contribution is -0.133. The number of fused-ring (bicyclic) bond motifs is 2. The molecule has 0 heterocycles. The fourth-order valence-electron chi connectivity index (χ4n) is 9.83. The van der Waals surface area contributed by atoms with Crippen LogP contribution in [0.4, 0.5) is 0 Å². The molecule has 2 amide bonds. The van der Waals surface area contributed by atoms with Gasteiger partial charge in [-0.05, 0) is 79.2 Å². The Balaban J connectivity index is 1.21. The number of hydrogen-bond acceptors (Lipinski definition) is 8. The van der Waals surface area contributed by atoms with Gasteiger partial charge in [0.05, 0.1) is 51.7 Å². The van der Waals surface area contributed by atoms with Gasteiger partial charge in [-0.3, -0.25) is 9.59 Å². The molecule has 0 spiro atoms. The Bertz CT molecular complexity index is 2750. The first kappa shape index (κ1) is 47.8. The van der Waals surface area contributed by atoms with Crippen LogP contribution in [0, 0.1) is 0 Å². The highest BCUT2D eigenvalue weighted by atomic mass is 16.5. The van der Waals surface area contributed by atoms with E-state index in [1.54, 1.807) is 28.4 Å². The molecular formula is C59H58N2O8. The number of aliphatic hydroxyl groups is 2. The molecule has 352 valence electrons. The van der Waals surface area contributed by atoms with Crippen molar-refractivity contribution in [2.75, 3.05) is 28.4 Å². The topological polar surface area (TPSA) is 136 Å². The molecule has 4 N–H and O–H groups in total. The number of methoxy groups -OCH3 is 4. The van der Waals surface area contributed by atoms with Gasteiger partial charge in [0.15, 0.2) is 0 Å². The number of carbonyl (C=O) groups excluding carboxylic acids is 2. The second kappa shape index (κ2) is 21.5. The number of benzene rings is 8. The summed E-state index contributed by atoms with van der Waals surface area (Å²) in [5.74, 6) is 1.02. The van der Waals surface area contributed by atoms with Crippen LogP contribution < -0.4 is 29.6 Å². The third kappa shape index (κ3) is 10.7. The van der Waals surface area contributed by atoms with Gasteiger partial charge >= 0.3 is 0 Å². The molecule has 0 aromatic heterocycles. The number of carbonyl (C=O) groups is 2. The van der Waals surface area contributed by atoms with Crippen LogP contribution in [0.25, 0.3) is 21.5 Å². The van der Waals surface area contributed by atoms with Crippen molar-refractivity contribution in [2.24, 2.45) is 0 Å². The van der Waals surface area contributed by atoms with Gasteiger partial charge in [0, 0.05) is 25.7 Å². The van der Waals surface area contributed by atoms with Crippen molar-refractivity contribution in [2.45, 2.75) is 55.4 Å². The van der Waals surface area contributed by atoms with Crippen LogP contribution >= 0.6 is 0 Å². The Morgan fingerprint density at radius 2 is 0.681 bits per heavy atom. The number of para-hydroxylation sites is 4. The lowest BCUT2D eigenvalue weighted by Crippen LogP contribution is -2.51. The molecule has 2 atom stereocenters. The molecule has 8 rings (SSSR count). The van der Waals surface area contributed by atoms with E-state index >= 15 is 0 Å². The van der Waals surface area contributed by atoms with E-state index in [1.165, 1.54) is 0 Å². The number of ether oxygens (including phenoxy) is 4. The summed E-state index contributed by atoms with van der Waals surface area (Å²) >= 11 is 0. The molecular weight excluding hydrogens is 865 g/mol. The standard InChI is InChI=1S/C59H58N2O8/c1-66-50-31-13-7-21-42(50)36-58(64,37-43-22-8-14-32-51(43)67-2)56(48-29-17-25-40-19-5-11-27-46(40)48)60-54(62)35-55(63)61-57(49-30-18-26-41-20-6-12-28-47(41)49)59(65,38-44-23-9-15-33-52(44)68-3)39-45-24-10-16-34-53(45)69-4/h5-34,56-57,64-65H,35-39H2,1-4H3,(H,60,62)(H,61,63)/t56-,57-/m0/s1. The molecule has 0 unspecified atom stereocenters. The molecule has 8 aromatic carbocycles. The van der Waals surface area contributed by atoms with E-state index in [-0.39, 0.29) is 25.7 Å². The van der Waals surface area contributed by atoms with Gasteiger partial charge in [-0.1, -0.05) is 158 Å². The van der Waals surface area contributed by atoms with E-state index in [4.69, 9.17) is 18.9 Å². The SMILES string of the molecule is COc1ccccc1CC(O)(Cc1ccccc1OC)[C@@H](NC(=O)CC(=O)N[C@@H](c1cccc2ccccc12)C(O)(Cc1ccccc1OC)Cc1ccccc1OC)c1cccc2ccccc12. The zero-order chi connectivity index (χ0) is 48.4. The maximum Gasteiger partial charge on any atom is 0.230 e. The summed E-state index contributed by atoms with van der Waals surface area (Å²) in [7, 11) is 6.33. The zero-order valence-electron chi connectivity index (χ0n) is 39.4. The first-order chi connectivity index (χ1) is 33.6. The minimum absolute atomic E-state index is 0.0531. The van der Waals surface area contributed by atoms with Crippen LogP contribution in [0.15, 0.2) is 182 Å². The maximum absolute atomic E-state index is 14.9. The number of hydrogen-bond donors (Lipinski definition) is 4. The lowest BCUT2D eigenvalue weighted by Gasteiger charge is -2.39. The van der Waals surface area contributed by atoms with Crippen LogP contribution in [-0.4, -0.2) is 61.7 Å². The van der Waals surface area contributed by atoms with Gasteiger partial charge in [-0.25, -0.2) is 0 Å². The molecule has 10 nitrogen and oxygen atoms in total. The number of amides is 2. The predicted octanol–water partition coefficient (Wildman–Crippen LogP) is 9.87. The van der Waals surface area contributed by atoms with Crippen molar-refractivity contribution >= 4 is 33.4 Å². The molecule has 0 aliphatic rings. The smallest absolute Gasteiger partial charge is 0.230 e. The minimum atomic E-state index is -1.73. The highest BCUT2D eigenvalue weighted by Gasteiger charge is 2.44. The molecule has 8 aromatic rings. The van der Waals surface area contributed by atoms with Gasteiger partial charge < -0.3 is 39.8 Å². The van der Waals surface area contributed by atoms with Crippen LogP contribution in [0.5, 0.6) is 23.0 Å². The minimum Gasteiger partial charge on any atom is -0.496 e. The summed E-state index contributed by atoms with van der Waals surface area (Å²) in [6.07, 6.45) is -0.425. The fourth-order valence-corrected chi connectivity index (χ4v) is 9.83. The van der Waals surface area contributed by atoms with Crippen LogP contribution in [-0.2, 0) is 35.3 Å². The fraction of sp³-hybridized carbons (Fsp3) is 0.220. The first-order valence-corrected chi connectivity index (χ1v) is 23.0. The largest absolute Gasteiger partial charge is 0.496 e. The van der Waals surface area contributed by atoms with E-state index < -0.39 is 41.5 Å². The van der Waals surface area contributed by atoms with Gasteiger partial charge in [0.2, 0.25) is 11.8 Å². The number of rotatable bonds is 20. The average Bonchev–Trinajstić information content (AvgIpc) is 3.37. The van der Waals surface area contributed by atoms with Crippen molar-refractivity contribution in [1.29, 1.82) is 0 Å². The van der Waals surface area contributed by atoms with Gasteiger partial charge in [0.25, 0.3) is 0 Å². The van der Waals surface area contributed by atoms with E-state index in [0.29, 0.717) is 34.1 Å². The summed E-state index contributed by atoms with van der Waals surface area (Å²) < 4.78 is 23.2. The van der Waals surface area contributed by atoms with Gasteiger partial charge in [0.1, 0.15) is 29.4 Å². The Kier molecular flexibility index (Phi) is 14.9. The van der Waals surface area contributed by atoms with E-state index in [2.05, 4.69) is 10.6 Å². The summed E-state index contributed by atoms with van der Waals surface area (Å²) in [4.78, 5) is 29.7. The molecule has 0 saturated carbocycles. The molecule has 0 bridgehead atoms. The monoisotopic (exact) mass is 922 g/mol.